The molecule has 22 heavy (non-hydrogen) atoms. The molecule has 1 N–H and O–H groups in total. The summed E-state index contributed by atoms with van der Waals surface area (Å²) >= 11 is 9.45. The van der Waals surface area contributed by atoms with Crippen LogP contribution in [0.25, 0.3) is 10.9 Å². The Morgan fingerprint density at radius 2 is 2.09 bits per heavy atom. The fourth-order valence-corrected chi connectivity index (χ4v) is 3.53. The molecular weight excluding hydrogens is 385 g/mol. The Bertz CT molecular complexity index is 740. The number of aliphatic hydroxyl groups is 1. The summed E-state index contributed by atoms with van der Waals surface area (Å²) in [4.78, 5) is 5.69. The second-order valence-corrected chi connectivity index (χ2v) is 6.64. The Morgan fingerprint density at radius 1 is 1.36 bits per heavy atom. The lowest BCUT2D eigenvalue weighted by Crippen LogP contribution is -2.47. The fraction of sp³-hybridized carbons (Fsp3) is 0.357. The number of halogens is 5. The van der Waals surface area contributed by atoms with Crippen LogP contribution >= 0.6 is 27.5 Å². The Balaban J connectivity index is 2.06. The Hall–Kier alpha value is -1.05. The first-order valence-corrected chi connectivity index (χ1v) is 7.66. The molecule has 1 unspecified atom stereocenters. The number of anilines is 1. The second-order valence-electron chi connectivity index (χ2n) is 5.31. The number of fused-ring (bicyclic) bond motifs is 1. The monoisotopic (exact) mass is 394 g/mol. The minimum Gasteiger partial charge on any atom is -0.379 e. The number of benzene rings is 1. The van der Waals surface area contributed by atoms with Crippen molar-refractivity contribution in [1.29, 1.82) is 0 Å². The molecule has 1 aromatic heterocycles. The first kappa shape index (κ1) is 15.8. The van der Waals surface area contributed by atoms with E-state index in [2.05, 4.69) is 20.9 Å². The molecule has 8 heteroatoms. The van der Waals surface area contributed by atoms with Gasteiger partial charge in [-0.1, -0.05) is 27.5 Å². The molecule has 0 radical (unpaired) electrons. The summed E-state index contributed by atoms with van der Waals surface area (Å²) in [5, 5.41) is 10.9. The first-order valence-electron chi connectivity index (χ1n) is 6.49. The summed E-state index contributed by atoms with van der Waals surface area (Å²) in [6.07, 6.45) is -3.51. The number of β-amino-alcohol motifs (C(OH)–C–C–N with tert-alkyl or cyclic N) is 1. The smallest absolute Gasteiger partial charge is 0.379 e. The maximum absolute atomic E-state index is 13.0. The highest BCUT2D eigenvalue weighted by atomic mass is 79.9. The van der Waals surface area contributed by atoms with Crippen LogP contribution in [-0.2, 0) is 0 Å². The summed E-state index contributed by atoms with van der Waals surface area (Å²) in [5.41, 5.74) is -1.59. The number of hydrogen-bond donors (Lipinski definition) is 1. The van der Waals surface area contributed by atoms with Gasteiger partial charge in [-0.25, -0.2) is 0 Å². The van der Waals surface area contributed by atoms with Crippen LogP contribution in [-0.4, -0.2) is 35.0 Å². The standard InChI is InChI=1S/C14H11BrClF3N2O/c15-8-5-9-11(1-3-20-12(9)10(16)6-8)21-4-2-13(22,7-21)14(17,18)19/h1,3,5-6,22H,2,4,7H2. The summed E-state index contributed by atoms with van der Waals surface area (Å²) in [7, 11) is 0. The number of hydrogen-bond acceptors (Lipinski definition) is 3. The first-order chi connectivity index (χ1) is 10.2. The van der Waals surface area contributed by atoms with Crippen LogP contribution in [0.4, 0.5) is 18.9 Å². The third-order valence-corrected chi connectivity index (χ3v) is 4.60. The van der Waals surface area contributed by atoms with E-state index >= 15 is 0 Å². The van der Waals surface area contributed by atoms with Gasteiger partial charge in [-0.05, 0) is 18.2 Å². The highest BCUT2D eigenvalue weighted by Crippen LogP contribution is 2.41. The molecule has 3 rings (SSSR count). The van der Waals surface area contributed by atoms with Crippen molar-refractivity contribution in [1.82, 2.24) is 4.98 Å². The van der Waals surface area contributed by atoms with Crippen LogP contribution in [0.15, 0.2) is 28.9 Å². The number of aromatic nitrogens is 1. The molecule has 118 valence electrons. The van der Waals surface area contributed by atoms with E-state index in [0.717, 1.165) is 0 Å². The zero-order valence-corrected chi connectivity index (χ0v) is 13.5. The molecule has 1 atom stereocenters. The van der Waals surface area contributed by atoms with Gasteiger partial charge in [0, 0.05) is 34.7 Å². The van der Waals surface area contributed by atoms with E-state index in [1.54, 1.807) is 18.2 Å². The van der Waals surface area contributed by atoms with Crippen LogP contribution in [0.1, 0.15) is 6.42 Å². The lowest BCUT2D eigenvalue weighted by molar-refractivity contribution is -0.250. The number of pyridine rings is 1. The van der Waals surface area contributed by atoms with Crippen molar-refractivity contribution < 1.29 is 18.3 Å². The van der Waals surface area contributed by atoms with Gasteiger partial charge in [-0.3, -0.25) is 4.98 Å². The summed E-state index contributed by atoms with van der Waals surface area (Å²) in [6.45, 7) is -0.390. The van der Waals surface area contributed by atoms with E-state index in [-0.39, 0.29) is 13.0 Å². The predicted molar refractivity (Wildman–Crippen MR) is 82.3 cm³/mol. The number of rotatable bonds is 1. The van der Waals surface area contributed by atoms with Crippen molar-refractivity contribution in [2.45, 2.75) is 18.2 Å². The maximum atomic E-state index is 13.0. The fourth-order valence-electron chi connectivity index (χ4n) is 2.67. The maximum Gasteiger partial charge on any atom is 0.418 e. The largest absolute Gasteiger partial charge is 0.418 e. The topological polar surface area (TPSA) is 36.4 Å². The van der Waals surface area contributed by atoms with E-state index in [9.17, 15) is 18.3 Å². The normalized spacial score (nSPS) is 22.5. The average Bonchev–Trinajstić information content (AvgIpc) is 2.81. The Labute approximate surface area is 137 Å². The van der Waals surface area contributed by atoms with Crippen LogP contribution < -0.4 is 4.90 Å². The van der Waals surface area contributed by atoms with Gasteiger partial charge < -0.3 is 10.0 Å². The summed E-state index contributed by atoms with van der Waals surface area (Å²) in [5.74, 6) is 0. The van der Waals surface area contributed by atoms with Crippen LogP contribution in [0.5, 0.6) is 0 Å². The quantitative estimate of drug-likeness (QED) is 0.788. The SMILES string of the molecule is OC1(C(F)(F)F)CCN(c2ccnc3c(Cl)cc(Br)cc23)C1. The molecule has 0 amide bonds. The molecule has 0 aliphatic carbocycles. The van der Waals surface area contributed by atoms with Crippen molar-refractivity contribution in [3.05, 3.63) is 33.9 Å². The zero-order chi connectivity index (χ0) is 16.1. The van der Waals surface area contributed by atoms with Crippen molar-refractivity contribution in [2.24, 2.45) is 0 Å². The highest BCUT2D eigenvalue weighted by molar-refractivity contribution is 9.10. The third-order valence-electron chi connectivity index (χ3n) is 3.86. The van der Waals surface area contributed by atoms with Crippen molar-refractivity contribution in [3.63, 3.8) is 0 Å². The van der Waals surface area contributed by atoms with Gasteiger partial charge in [0.25, 0.3) is 0 Å². The summed E-state index contributed by atoms with van der Waals surface area (Å²) < 4.78 is 39.6. The third kappa shape index (κ3) is 2.55. The molecule has 0 saturated carbocycles. The van der Waals surface area contributed by atoms with E-state index in [1.807, 2.05) is 0 Å². The van der Waals surface area contributed by atoms with Gasteiger partial charge in [-0.2, -0.15) is 13.2 Å². The molecule has 0 bridgehead atoms. The van der Waals surface area contributed by atoms with Gasteiger partial charge in [0.1, 0.15) is 0 Å². The molecule has 2 heterocycles. The van der Waals surface area contributed by atoms with Crippen molar-refractivity contribution >= 4 is 44.1 Å². The van der Waals surface area contributed by atoms with Gasteiger partial charge in [0.2, 0.25) is 0 Å². The second kappa shape index (κ2) is 5.25. The minimum absolute atomic E-state index is 0.110. The lowest BCUT2D eigenvalue weighted by Gasteiger charge is -2.27. The van der Waals surface area contributed by atoms with Gasteiger partial charge in [0.15, 0.2) is 5.60 Å². The summed E-state index contributed by atoms with van der Waals surface area (Å²) in [6, 6.07) is 5.07. The van der Waals surface area contributed by atoms with E-state index in [4.69, 9.17) is 11.6 Å². The van der Waals surface area contributed by atoms with Gasteiger partial charge in [-0.15, -0.1) is 0 Å². The molecule has 3 nitrogen and oxygen atoms in total. The molecule has 1 aliphatic rings. The van der Waals surface area contributed by atoms with Crippen molar-refractivity contribution in [3.8, 4) is 0 Å². The molecule has 1 saturated heterocycles. The van der Waals surface area contributed by atoms with E-state index in [1.165, 1.54) is 11.1 Å². The predicted octanol–water partition coefficient (Wildman–Crippen LogP) is 4.15. The minimum atomic E-state index is -4.65. The molecule has 1 aliphatic heterocycles. The van der Waals surface area contributed by atoms with Crippen LogP contribution in [0, 0.1) is 0 Å². The van der Waals surface area contributed by atoms with Crippen molar-refractivity contribution in [2.75, 3.05) is 18.0 Å². The number of alkyl halides is 3. The highest BCUT2D eigenvalue weighted by Gasteiger charge is 2.57. The zero-order valence-electron chi connectivity index (χ0n) is 11.2. The molecule has 1 aromatic carbocycles. The van der Waals surface area contributed by atoms with Crippen LogP contribution in [0.3, 0.4) is 0 Å². The lowest BCUT2D eigenvalue weighted by atomic mass is 10.0. The number of nitrogens with zero attached hydrogens (tertiary/aromatic N) is 2. The molecule has 0 spiro atoms. The van der Waals surface area contributed by atoms with Gasteiger partial charge in [0.05, 0.1) is 17.1 Å². The van der Waals surface area contributed by atoms with Gasteiger partial charge >= 0.3 is 6.18 Å². The Kier molecular flexibility index (Phi) is 3.78. The molecule has 2 aromatic rings. The van der Waals surface area contributed by atoms with E-state index in [0.29, 0.717) is 26.1 Å². The molecular formula is C14H11BrClF3N2O. The van der Waals surface area contributed by atoms with Crippen LogP contribution in [0.2, 0.25) is 5.02 Å². The van der Waals surface area contributed by atoms with E-state index < -0.39 is 18.3 Å². The average molecular weight is 396 g/mol. The Morgan fingerprint density at radius 3 is 2.73 bits per heavy atom. The molecule has 1 fully saturated rings.